The van der Waals surface area contributed by atoms with Crippen LogP contribution in [0.3, 0.4) is 0 Å². The molecular formula is C22H29N3O4. The lowest BCUT2D eigenvalue weighted by Gasteiger charge is -2.13. The van der Waals surface area contributed by atoms with E-state index in [4.69, 9.17) is 4.74 Å². The maximum absolute atomic E-state index is 12.7. The maximum Gasteiger partial charge on any atom is 0.263 e. The topological polar surface area (TPSA) is 89.4 Å². The molecule has 1 aromatic heterocycles. The number of benzene rings is 1. The molecule has 0 aliphatic heterocycles. The number of carbonyl (C=O) groups is 2. The summed E-state index contributed by atoms with van der Waals surface area (Å²) < 4.78 is 6.78. The third-order valence-corrected chi connectivity index (χ3v) is 4.59. The Kier molecular flexibility index (Phi) is 7.59. The molecule has 2 amide bonds. The predicted molar refractivity (Wildman–Crippen MR) is 114 cm³/mol. The molecule has 156 valence electrons. The Labute approximate surface area is 171 Å². The molecule has 2 N–H and O–H groups in total. The molecule has 7 heteroatoms. The van der Waals surface area contributed by atoms with Gasteiger partial charge in [0.2, 0.25) is 5.91 Å². The third-order valence-electron chi connectivity index (χ3n) is 4.59. The predicted octanol–water partition coefficient (Wildman–Crippen LogP) is 2.89. The molecule has 0 spiro atoms. The number of nitrogens with one attached hydrogen (secondary N) is 2. The molecule has 0 aliphatic rings. The van der Waals surface area contributed by atoms with Crippen LogP contribution in [0.4, 0.5) is 5.69 Å². The molecule has 0 radical (unpaired) electrons. The van der Waals surface area contributed by atoms with Crippen molar-refractivity contribution < 1.29 is 14.3 Å². The summed E-state index contributed by atoms with van der Waals surface area (Å²) in [4.78, 5) is 37.5. The summed E-state index contributed by atoms with van der Waals surface area (Å²) in [6, 6.07) is 7.16. The van der Waals surface area contributed by atoms with Gasteiger partial charge in [0, 0.05) is 12.7 Å². The van der Waals surface area contributed by atoms with Crippen molar-refractivity contribution in [1.82, 2.24) is 9.88 Å². The Hall–Kier alpha value is -3.09. The van der Waals surface area contributed by atoms with Gasteiger partial charge in [-0.3, -0.25) is 14.4 Å². The van der Waals surface area contributed by atoms with Gasteiger partial charge in [-0.25, -0.2) is 0 Å². The molecule has 0 unspecified atom stereocenters. The molecule has 0 fully saturated rings. The number of ether oxygens (including phenoxy) is 1. The number of hydrogen-bond acceptors (Lipinski definition) is 4. The Balaban J connectivity index is 2.07. The normalized spacial score (nSPS) is 10.7. The number of anilines is 1. The minimum absolute atomic E-state index is 0.0668. The van der Waals surface area contributed by atoms with Gasteiger partial charge < -0.3 is 19.9 Å². The van der Waals surface area contributed by atoms with Crippen LogP contribution >= 0.6 is 0 Å². The zero-order chi connectivity index (χ0) is 21.6. The molecule has 2 aromatic rings. The van der Waals surface area contributed by atoms with Crippen LogP contribution in [0, 0.1) is 19.8 Å². The van der Waals surface area contributed by atoms with Crippen LogP contribution in [-0.2, 0) is 11.3 Å². The first kappa shape index (κ1) is 22.2. The van der Waals surface area contributed by atoms with Crippen molar-refractivity contribution >= 4 is 17.5 Å². The largest absolute Gasteiger partial charge is 0.495 e. The number of carbonyl (C=O) groups excluding carboxylic acids is 2. The second-order valence-corrected chi connectivity index (χ2v) is 7.49. The molecule has 0 bridgehead atoms. The molecule has 29 heavy (non-hydrogen) atoms. The van der Waals surface area contributed by atoms with E-state index in [1.807, 2.05) is 13.0 Å². The number of nitrogens with zero attached hydrogens (tertiary/aromatic N) is 1. The lowest BCUT2D eigenvalue weighted by Crippen LogP contribution is -2.38. The number of amides is 2. The zero-order valence-electron chi connectivity index (χ0n) is 17.7. The summed E-state index contributed by atoms with van der Waals surface area (Å²) >= 11 is 0. The van der Waals surface area contributed by atoms with E-state index in [-0.39, 0.29) is 17.7 Å². The van der Waals surface area contributed by atoms with Crippen molar-refractivity contribution in [3.05, 3.63) is 57.5 Å². The highest BCUT2D eigenvalue weighted by Gasteiger charge is 2.17. The van der Waals surface area contributed by atoms with Crippen LogP contribution in [0.2, 0.25) is 0 Å². The molecule has 2 rings (SSSR count). The van der Waals surface area contributed by atoms with E-state index in [0.717, 1.165) is 12.0 Å². The fourth-order valence-corrected chi connectivity index (χ4v) is 2.88. The number of methoxy groups -OCH3 is 1. The van der Waals surface area contributed by atoms with E-state index >= 15 is 0 Å². The monoisotopic (exact) mass is 399 g/mol. The summed E-state index contributed by atoms with van der Waals surface area (Å²) in [6.45, 7) is 8.06. The Bertz CT molecular complexity index is 948. The van der Waals surface area contributed by atoms with Gasteiger partial charge in [0.15, 0.2) is 0 Å². The standard InChI is InChI=1S/C22H29N3O4/c1-14(2)8-10-25-11-9-16(4)20(22(25)28)21(27)23-13-19(26)24-17-12-15(3)6-7-18(17)29-5/h6-7,9,11-12,14H,8,10,13H2,1-5H3,(H,23,27)(H,24,26). The van der Waals surface area contributed by atoms with Crippen LogP contribution in [0.5, 0.6) is 5.75 Å². The SMILES string of the molecule is COc1ccc(C)cc1NC(=O)CNC(=O)c1c(C)ccn(CCC(C)C)c1=O. The van der Waals surface area contributed by atoms with E-state index in [0.29, 0.717) is 29.5 Å². The molecule has 1 heterocycles. The van der Waals surface area contributed by atoms with Crippen LogP contribution in [0.1, 0.15) is 41.8 Å². The second-order valence-electron chi connectivity index (χ2n) is 7.49. The van der Waals surface area contributed by atoms with Crippen molar-refractivity contribution in [2.45, 2.75) is 40.7 Å². The van der Waals surface area contributed by atoms with Gasteiger partial charge in [-0.2, -0.15) is 0 Å². The lowest BCUT2D eigenvalue weighted by molar-refractivity contribution is -0.115. The Morgan fingerprint density at radius 2 is 1.90 bits per heavy atom. The van der Waals surface area contributed by atoms with Gasteiger partial charge in [0.05, 0.1) is 19.3 Å². The van der Waals surface area contributed by atoms with Gasteiger partial charge in [0.25, 0.3) is 11.5 Å². The van der Waals surface area contributed by atoms with Gasteiger partial charge in [-0.15, -0.1) is 0 Å². The number of rotatable bonds is 8. The average molecular weight is 399 g/mol. The fourth-order valence-electron chi connectivity index (χ4n) is 2.88. The first-order chi connectivity index (χ1) is 13.7. The Morgan fingerprint density at radius 3 is 2.55 bits per heavy atom. The summed E-state index contributed by atoms with van der Waals surface area (Å²) in [6.07, 6.45) is 2.54. The summed E-state index contributed by atoms with van der Waals surface area (Å²) in [5.41, 5.74) is 1.79. The smallest absolute Gasteiger partial charge is 0.263 e. The molecule has 0 saturated carbocycles. The van der Waals surface area contributed by atoms with Crippen LogP contribution in [0.25, 0.3) is 0 Å². The van der Waals surface area contributed by atoms with Crippen LogP contribution in [0.15, 0.2) is 35.3 Å². The molecular weight excluding hydrogens is 370 g/mol. The maximum atomic E-state index is 12.7. The van der Waals surface area contributed by atoms with E-state index in [1.165, 1.54) is 7.11 Å². The number of aryl methyl sites for hydroxylation is 3. The third kappa shape index (κ3) is 5.94. The van der Waals surface area contributed by atoms with Gasteiger partial charge in [0.1, 0.15) is 11.3 Å². The molecule has 0 saturated heterocycles. The van der Waals surface area contributed by atoms with Crippen LogP contribution in [-0.4, -0.2) is 30.0 Å². The summed E-state index contributed by atoms with van der Waals surface area (Å²) in [7, 11) is 1.52. The molecule has 0 atom stereocenters. The minimum Gasteiger partial charge on any atom is -0.495 e. The zero-order valence-corrected chi connectivity index (χ0v) is 17.7. The molecule has 1 aromatic carbocycles. The highest BCUT2D eigenvalue weighted by molar-refractivity contribution is 6.00. The van der Waals surface area contributed by atoms with E-state index in [9.17, 15) is 14.4 Å². The highest BCUT2D eigenvalue weighted by Crippen LogP contribution is 2.24. The van der Waals surface area contributed by atoms with E-state index in [2.05, 4.69) is 24.5 Å². The van der Waals surface area contributed by atoms with Gasteiger partial charge in [-0.05, 0) is 55.5 Å². The van der Waals surface area contributed by atoms with Gasteiger partial charge >= 0.3 is 0 Å². The highest BCUT2D eigenvalue weighted by atomic mass is 16.5. The number of hydrogen-bond donors (Lipinski definition) is 2. The average Bonchev–Trinajstić information content (AvgIpc) is 2.66. The first-order valence-electron chi connectivity index (χ1n) is 9.65. The van der Waals surface area contributed by atoms with Crippen molar-refractivity contribution in [3.8, 4) is 5.75 Å². The quantitative estimate of drug-likeness (QED) is 0.714. The van der Waals surface area contributed by atoms with Crippen molar-refractivity contribution in [3.63, 3.8) is 0 Å². The lowest BCUT2D eigenvalue weighted by atomic mass is 10.1. The summed E-state index contributed by atoms with van der Waals surface area (Å²) in [5.74, 6) is 0.0127. The number of pyridine rings is 1. The molecule has 0 aliphatic carbocycles. The fraction of sp³-hybridized carbons (Fsp3) is 0.409. The van der Waals surface area contributed by atoms with Crippen molar-refractivity contribution in [2.75, 3.05) is 19.0 Å². The molecule has 7 nitrogen and oxygen atoms in total. The first-order valence-corrected chi connectivity index (χ1v) is 9.65. The van der Waals surface area contributed by atoms with E-state index < -0.39 is 11.8 Å². The van der Waals surface area contributed by atoms with Crippen molar-refractivity contribution in [1.29, 1.82) is 0 Å². The van der Waals surface area contributed by atoms with Gasteiger partial charge in [-0.1, -0.05) is 19.9 Å². The minimum atomic E-state index is -0.558. The Morgan fingerprint density at radius 1 is 1.17 bits per heavy atom. The van der Waals surface area contributed by atoms with E-state index in [1.54, 1.807) is 35.9 Å². The number of aromatic nitrogens is 1. The summed E-state index contributed by atoms with van der Waals surface area (Å²) in [5, 5.41) is 5.26. The van der Waals surface area contributed by atoms with Crippen LogP contribution < -0.4 is 20.9 Å². The van der Waals surface area contributed by atoms with Crippen molar-refractivity contribution in [2.24, 2.45) is 5.92 Å². The second kappa shape index (κ2) is 9.91.